The minimum atomic E-state index is -0.505. The van der Waals surface area contributed by atoms with Crippen LogP contribution in [0.2, 0.25) is 0 Å². The first-order valence-corrected chi connectivity index (χ1v) is 9.59. The highest BCUT2D eigenvalue weighted by atomic mass is 32.1. The Hall–Kier alpha value is -3.45. The number of anilines is 1. The lowest BCUT2D eigenvalue weighted by Crippen LogP contribution is -2.54. The van der Waals surface area contributed by atoms with Crippen LogP contribution in [0, 0.1) is 0 Å². The number of carbonyl (C=O) groups is 2. The SMILES string of the molecule is CCOc1ccc(N2C(=O)C(=Cc3cn(C)c4ccccc34)C(=O)NC2=S)cc1. The zero-order valence-electron chi connectivity index (χ0n) is 16.0. The second-order valence-electron chi connectivity index (χ2n) is 6.60. The number of thiocarbonyl (C=S) groups is 1. The predicted molar refractivity (Wildman–Crippen MR) is 117 cm³/mol. The van der Waals surface area contributed by atoms with E-state index in [1.807, 2.05) is 49.0 Å². The lowest BCUT2D eigenvalue weighted by Gasteiger charge is -2.29. The Kier molecular flexibility index (Phi) is 4.90. The van der Waals surface area contributed by atoms with Crippen molar-refractivity contribution >= 4 is 51.8 Å². The lowest BCUT2D eigenvalue weighted by atomic mass is 10.1. The van der Waals surface area contributed by atoms with Crippen molar-refractivity contribution in [1.29, 1.82) is 0 Å². The maximum atomic E-state index is 13.2. The summed E-state index contributed by atoms with van der Waals surface area (Å²) in [4.78, 5) is 27.0. The molecule has 1 fully saturated rings. The van der Waals surface area contributed by atoms with E-state index >= 15 is 0 Å². The van der Waals surface area contributed by atoms with Crippen LogP contribution in [0.5, 0.6) is 5.75 Å². The average Bonchev–Trinajstić information content (AvgIpc) is 3.02. The molecule has 2 amide bonds. The van der Waals surface area contributed by atoms with Crippen molar-refractivity contribution in [2.45, 2.75) is 6.92 Å². The van der Waals surface area contributed by atoms with Gasteiger partial charge in [-0.25, -0.2) is 0 Å². The third-order valence-electron chi connectivity index (χ3n) is 4.74. The minimum absolute atomic E-state index is 0.0313. The number of amides is 2. The largest absolute Gasteiger partial charge is 0.494 e. The molecule has 1 aliphatic rings. The maximum Gasteiger partial charge on any atom is 0.270 e. The molecule has 0 saturated carbocycles. The van der Waals surface area contributed by atoms with Crippen molar-refractivity contribution in [2.24, 2.45) is 7.05 Å². The predicted octanol–water partition coefficient (Wildman–Crippen LogP) is 3.41. The zero-order chi connectivity index (χ0) is 20.5. The molecule has 0 atom stereocenters. The molecule has 3 aromatic rings. The molecule has 1 N–H and O–H groups in total. The van der Waals surface area contributed by atoms with Gasteiger partial charge in [0.15, 0.2) is 5.11 Å². The molecule has 6 nitrogen and oxygen atoms in total. The number of aromatic nitrogens is 1. The summed E-state index contributed by atoms with van der Waals surface area (Å²) in [5.74, 6) is -0.270. The molecule has 1 saturated heterocycles. The van der Waals surface area contributed by atoms with Gasteiger partial charge >= 0.3 is 0 Å². The van der Waals surface area contributed by atoms with E-state index in [1.165, 1.54) is 4.90 Å². The van der Waals surface area contributed by atoms with Gasteiger partial charge in [-0.05, 0) is 55.5 Å². The van der Waals surface area contributed by atoms with Gasteiger partial charge in [0.25, 0.3) is 11.8 Å². The van der Waals surface area contributed by atoms with E-state index in [4.69, 9.17) is 17.0 Å². The number of nitrogens with zero attached hydrogens (tertiary/aromatic N) is 2. The summed E-state index contributed by atoms with van der Waals surface area (Å²) in [7, 11) is 1.93. The molecule has 0 radical (unpaired) electrons. The number of hydrogen-bond acceptors (Lipinski definition) is 4. The maximum absolute atomic E-state index is 13.2. The van der Waals surface area contributed by atoms with E-state index < -0.39 is 11.8 Å². The third-order valence-corrected chi connectivity index (χ3v) is 5.02. The highest BCUT2D eigenvalue weighted by molar-refractivity contribution is 7.80. The molecule has 0 bridgehead atoms. The van der Waals surface area contributed by atoms with E-state index in [0.717, 1.165) is 16.5 Å². The normalized spacial score (nSPS) is 15.9. The standard InChI is InChI=1S/C22H19N3O3S/c1-3-28-16-10-8-15(9-11-16)25-21(27)18(20(26)23-22(25)29)12-14-13-24(2)19-7-5-4-6-17(14)19/h4-13H,3H2,1-2H3,(H,23,26,29). The summed E-state index contributed by atoms with van der Waals surface area (Å²) in [6.45, 7) is 2.45. The highest BCUT2D eigenvalue weighted by Crippen LogP contribution is 2.27. The second kappa shape index (κ2) is 7.52. The first-order valence-electron chi connectivity index (χ1n) is 9.18. The van der Waals surface area contributed by atoms with Gasteiger partial charge in [0.2, 0.25) is 0 Å². The number of carbonyl (C=O) groups excluding carboxylic acids is 2. The smallest absolute Gasteiger partial charge is 0.270 e. The van der Waals surface area contributed by atoms with Gasteiger partial charge in [-0.3, -0.25) is 19.8 Å². The van der Waals surface area contributed by atoms with Gasteiger partial charge in [0.05, 0.1) is 12.3 Å². The number of nitrogens with one attached hydrogen (secondary N) is 1. The van der Waals surface area contributed by atoms with Crippen molar-refractivity contribution in [3.63, 3.8) is 0 Å². The van der Waals surface area contributed by atoms with Gasteiger partial charge in [-0.15, -0.1) is 0 Å². The third kappa shape index (κ3) is 3.40. The van der Waals surface area contributed by atoms with Gasteiger partial charge in [0.1, 0.15) is 11.3 Å². The molecule has 2 heterocycles. The van der Waals surface area contributed by atoms with E-state index in [1.54, 1.807) is 30.3 Å². The summed E-state index contributed by atoms with van der Waals surface area (Å²) in [5.41, 5.74) is 2.40. The van der Waals surface area contributed by atoms with Crippen LogP contribution < -0.4 is 15.0 Å². The molecule has 2 aromatic carbocycles. The second-order valence-corrected chi connectivity index (χ2v) is 6.98. The van der Waals surface area contributed by atoms with Crippen molar-refractivity contribution in [1.82, 2.24) is 9.88 Å². The number of benzene rings is 2. The molecule has 146 valence electrons. The summed E-state index contributed by atoms with van der Waals surface area (Å²) < 4.78 is 7.40. The molecule has 4 rings (SSSR count). The average molecular weight is 405 g/mol. The number of ether oxygens (including phenoxy) is 1. The monoisotopic (exact) mass is 405 g/mol. The van der Waals surface area contributed by atoms with Gasteiger partial charge < -0.3 is 9.30 Å². The Morgan fingerprint density at radius 2 is 1.83 bits per heavy atom. The summed E-state index contributed by atoms with van der Waals surface area (Å²) >= 11 is 5.26. The van der Waals surface area contributed by atoms with E-state index in [0.29, 0.717) is 18.0 Å². The number of rotatable bonds is 4. The van der Waals surface area contributed by atoms with Crippen LogP contribution in [0.25, 0.3) is 17.0 Å². The fourth-order valence-electron chi connectivity index (χ4n) is 3.39. The topological polar surface area (TPSA) is 63.6 Å². The molecule has 0 aliphatic carbocycles. The van der Waals surface area contributed by atoms with Crippen molar-refractivity contribution < 1.29 is 14.3 Å². The van der Waals surface area contributed by atoms with Gasteiger partial charge in [-0.2, -0.15) is 0 Å². The van der Waals surface area contributed by atoms with Crippen LogP contribution in [-0.2, 0) is 16.6 Å². The lowest BCUT2D eigenvalue weighted by molar-refractivity contribution is -0.122. The Labute approximate surface area is 173 Å². The van der Waals surface area contributed by atoms with Crippen molar-refractivity contribution in [3.8, 4) is 5.75 Å². The van der Waals surface area contributed by atoms with Crippen LogP contribution in [-0.4, -0.2) is 28.1 Å². The molecular weight excluding hydrogens is 386 g/mol. The Bertz CT molecular complexity index is 1160. The summed E-state index contributed by atoms with van der Waals surface area (Å²) in [6.07, 6.45) is 3.51. The fraction of sp³-hybridized carbons (Fsp3) is 0.136. The molecule has 29 heavy (non-hydrogen) atoms. The quantitative estimate of drug-likeness (QED) is 0.411. The Balaban J connectivity index is 1.74. The first kappa shape index (κ1) is 18.9. The molecular formula is C22H19N3O3S. The highest BCUT2D eigenvalue weighted by Gasteiger charge is 2.34. The van der Waals surface area contributed by atoms with Gasteiger partial charge in [-0.1, -0.05) is 18.2 Å². The molecule has 7 heteroatoms. The van der Waals surface area contributed by atoms with Crippen LogP contribution in [0.1, 0.15) is 12.5 Å². The Morgan fingerprint density at radius 1 is 1.10 bits per heavy atom. The van der Waals surface area contributed by atoms with Gasteiger partial charge in [0, 0.05) is 29.7 Å². The fourth-order valence-corrected chi connectivity index (χ4v) is 3.67. The van der Waals surface area contributed by atoms with Crippen molar-refractivity contribution in [3.05, 3.63) is 65.9 Å². The molecule has 0 spiro atoms. The Morgan fingerprint density at radius 3 is 2.55 bits per heavy atom. The van der Waals surface area contributed by atoms with Crippen LogP contribution in [0.15, 0.2) is 60.3 Å². The van der Waals surface area contributed by atoms with Crippen LogP contribution in [0.3, 0.4) is 0 Å². The van der Waals surface area contributed by atoms with E-state index in [-0.39, 0.29) is 10.7 Å². The summed E-state index contributed by atoms with van der Waals surface area (Å²) in [5, 5.41) is 3.63. The molecule has 1 aromatic heterocycles. The minimum Gasteiger partial charge on any atom is -0.494 e. The molecule has 1 aliphatic heterocycles. The first-order chi connectivity index (χ1) is 14.0. The van der Waals surface area contributed by atoms with Crippen LogP contribution in [0.4, 0.5) is 5.69 Å². The number of fused-ring (bicyclic) bond motifs is 1. The number of hydrogen-bond donors (Lipinski definition) is 1. The van der Waals surface area contributed by atoms with Crippen molar-refractivity contribution in [2.75, 3.05) is 11.5 Å². The van der Waals surface area contributed by atoms with E-state index in [2.05, 4.69) is 5.32 Å². The summed E-state index contributed by atoms with van der Waals surface area (Å²) in [6, 6.07) is 14.8. The molecule has 0 unspecified atom stereocenters. The zero-order valence-corrected chi connectivity index (χ0v) is 16.8. The van der Waals surface area contributed by atoms with Crippen LogP contribution >= 0.6 is 12.2 Å². The number of para-hydroxylation sites is 1. The number of aryl methyl sites for hydroxylation is 1. The van der Waals surface area contributed by atoms with E-state index in [9.17, 15) is 9.59 Å².